The van der Waals surface area contributed by atoms with E-state index in [1.165, 1.54) is 11.4 Å². The van der Waals surface area contributed by atoms with Gasteiger partial charge in [-0.3, -0.25) is 4.79 Å². The fraction of sp³-hybridized carbons (Fsp3) is 0.545. The molecule has 5 rings (SSSR count). The van der Waals surface area contributed by atoms with Crippen LogP contribution in [0.1, 0.15) is 39.3 Å². The van der Waals surface area contributed by atoms with Crippen molar-refractivity contribution >= 4 is 11.6 Å². The average Bonchev–Trinajstić information content (AvgIpc) is 3.06. The Balaban J connectivity index is 1.59. The number of hydrogen-bond acceptors (Lipinski definition) is 3. The lowest BCUT2D eigenvalue weighted by atomic mass is 9.88. The summed E-state index contributed by atoms with van der Waals surface area (Å²) >= 11 is 0. The summed E-state index contributed by atoms with van der Waals surface area (Å²) in [5.74, 6) is 2.71. The van der Waals surface area contributed by atoms with Gasteiger partial charge in [0.1, 0.15) is 5.54 Å². The van der Waals surface area contributed by atoms with Gasteiger partial charge in [-0.05, 0) is 48.9 Å². The highest BCUT2D eigenvalue weighted by atomic mass is 16.2. The van der Waals surface area contributed by atoms with Gasteiger partial charge in [-0.1, -0.05) is 20.8 Å². The minimum absolute atomic E-state index is 0.155. The molecule has 3 aliphatic rings. The van der Waals surface area contributed by atoms with Crippen LogP contribution in [0.15, 0.2) is 36.7 Å². The number of carbonyl (C=O) groups is 1. The molecular formula is C22H28N4O. The molecule has 3 atom stereocenters. The standard InChI is InChI=1S/C22H28N4O/c1-15(2)13-26-18-6-4-9-23-20(18)25-10-5-7-19(25)22(26)8-11-24(14-22)21(27)17-12-16(17)3/h4-7,9-10,15-17H,8,11-14H2,1-3H3/t16-,17-,22+/m0/s1. The molecule has 0 aromatic carbocycles. The van der Waals surface area contributed by atoms with Gasteiger partial charge in [-0.15, -0.1) is 0 Å². The highest BCUT2D eigenvalue weighted by molar-refractivity contribution is 5.82. The maximum atomic E-state index is 13.0. The van der Waals surface area contributed by atoms with E-state index in [0.717, 1.165) is 38.3 Å². The van der Waals surface area contributed by atoms with Crippen molar-refractivity contribution in [1.29, 1.82) is 0 Å². The van der Waals surface area contributed by atoms with Crippen molar-refractivity contribution in [3.63, 3.8) is 0 Å². The van der Waals surface area contributed by atoms with Crippen LogP contribution in [0.2, 0.25) is 0 Å². The first kappa shape index (κ1) is 16.8. The summed E-state index contributed by atoms with van der Waals surface area (Å²) in [4.78, 5) is 22.3. The first-order valence-electron chi connectivity index (χ1n) is 10.2. The second-order valence-electron chi connectivity index (χ2n) is 8.97. The summed E-state index contributed by atoms with van der Waals surface area (Å²) in [5.41, 5.74) is 2.30. The quantitative estimate of drug-likeness (QED) is 0.838. The second-order valence-corrected chi connectivity index (χ2v) is 8.97. The van der Waals surface area contributed by atoms with Crippen molar-refractivity contribution in [2.45, 2.75) is 39.2 Å². The molecule has 2 fully saturated rings. The molecule has 0 bridgehead atoms. The van der Waals surface area contributed by atoms with Gasteiger partial charge in [0.15, 0.2) is 5.82 Å². The Morgan fingerprint density at radius 2 is 2.15 bits per heavy atom. The Bertz CT molecular complexity index is 888. The molecule has 5 nitrogen and oxygen atoms in total. The largest absolute Gasteiger partial charge is 0.355 e. The number of pyridine rings is 1. The molecule has 1 aliphatic carbocycles. The summed E-state index contributed by atoms with van der Waals surface area (Å²) in [6, 6.07) is 8.54. The lowest BCUT2D eigenvalue weighted by Crippen LogP contribution is -2.54. The lowest BCUT2D eigenvalue weighted by molar-refractivity contribution is -0.132. The zero-order chi connectivity index (χ0) is 18.8. The van der Waals surface area contributed by atoms with Crippen molar-refractivity contribution in [2.24, 2.45) is 17.8 Å². The number of rotatable bonds is 3. The Kier molecular flexibility index (Phi) is 3.65. The molecule has 1 spiro atoms. The number of fused-ring (bicyclic) bond motifs is 4. The third-order valence-electron chi connectivity index (χ3n) is 6.56. The van der Waals surface area contributed by atoms with E-state index in [9.17, 15) is 4.79 Å². The van der Waals surface area contributed by atoms with Gasteiger partial charge in [-0.2, -0.15) is 0 Å². The summed E-state index contributed by atoms with van der Waals surface area (Å²) in [6.45, 7) is 9.30. The normalized spacial score (nSPS) is 28.6. The molecule has 0 radical (unpaired) electrons. The number of hydrogen-bond donors (Lipinski definition) is 0. The minimum Gasteiger partial charge on any atom is -0.355 e. The SMILES string of the molecule is CC(C)CN1c2cccnc2-n2cccc2[C@]12CCN(C(=O)[C@H]1C[C@@H]1C)C2. The van der Waals surface area contributed by atoms with E-state index in [1.54, 1.807) is 0 Å². The van der Waals surface area contributed by atoms with E-state index in [-0.39, 0.29) is 11.5 Å². The van der Waals surface area contributed by atoms with Gasteiger partial charge < -0.3 is 14.4 Å². The van der Waals surface area contributed by atoms with Crippen LogP contribution in [-0.2, 0) is 10.3 Å². The Morgan fingerprint density at radius 1 is 1.33 bits per heavy atom. The predicted octanol–water partition coefficient (Wildman–Crippen LogP) is 3.43. The molecule has 1 saturated heterocycles. The highest BCUT2D eigenvalue weighted by Crippen LogP contribution is 2.48. The summed E-state index contributed by atoms with van der Waals surface area (Å²) in [5, 5.41) is 0. The van der Waals surface area contributed by atoms with Gasteiger partial charge in [-0.25, -0.2) is 4.98 Å². The number of nitrogens with zero attached hydrogens (tertiary/aromatic N) is 4. The number of likely N-dealkylation sites (tertiary alicyclic amines) is 1. The third kappa shape index (κ3) is 2.43. The Hall–Kier alpha value is -2.30. The average molecular weight is 364 g/mol. The fourth-order valence-electron chi connectivity index (χ4n) is 5.05. The van der Waals surface area contributed by atoms with E-state index in [0.29, 0.717) is 17.7 Å². The summed E-state index contributed by atoms with van der Waals surface area (Å²) < 4.78 is 2.24. The lowest BCUT2D eigenvalue weighted by Gasteiger charge is -2.47. The first-order chi connectivity index (χ1) is 13.0. The zero-order valence-corrected chi connectivity index (χ0v) is 16.4. The van der Waals surface area contributed by atoms with E-state index in [2.05, 4.69) is 64.5 Å². The number of carbonyl (C=O) groups excluding carboxylic acids is 1. The molecule has 142 valence electrons. The molecule has 4 heterocycles. The van der Waals surface area contributed by atoms with Crippen LogP contribution < -0.4 is 4.90 Å². The second kappa shape index (κ2) is 5.85. The highest BCUT2D eigenvalue weighted by Gasteiger charge is 2.53. The van der Waals surface area contributed by atoms with Gasteiger partial charge in [0.05, 0.1) is 11.4 Å². The van der Waals surface area contributed by atoms with Crippen LogP contribution in [0.3, 0.4) is 0 Å². The minimum atomic E-state index is -0.155. The van der Waals surface area contributed by atoms with Crippen molar-refractivity contribution in [3.8, 4) is 5.82 Å². The number of aromatic nitrogens is 2. The third-order valence-corrected chi connectivity index (χ3v) is 6.56. The van der Waals surface area contributed by atoms with E-state index >= 15 is 0 Å². The smallest absolute Gasteiger partial charge is 0.226 e. The predicted molar refractivity (Wildman–Crippen MR) is 106 cm³/mol. The Labute approximate surface area is 161 Å². The van der Waals surface area contributed by atoms with Crippen molar-refractivity contribution in [3.05, 3.63) is 42.4 Å². The van der Waals surface area contributed by atoms with Crippen LogP contribution in [-0.4, -0.2) is 40.0 Å². The van der Waals surface area contributed by atoms with Crippen molar-refractivity contribution in [2.75, 3.05) is 24.5 Å². The number of amides is 1. The fourth-order valence-corrected chi connectivity index (χ4v) is 5.05. The molecule has 0 unspecified atom stereocenters. The molecule has 27 heavy (non-hydrogen) atoms. The van der Waals surface area contributed by atoms with E-state index in [1.807, 2.05) is 12.3 Å². The topological polar surface area (TPSA) is 41.4 Å². The van der Waals surface area contributed by atoms with Crippen molar-refractivity contribution < 1.29 is 4.79 Å². The van der Waals surface area contributed by atoms with E-state index in [4.69, 9.17) is 0 Å². The maximum absolute atomic E-state index is 13.0. The number of anilines is 1. The first-order valence-corrected chi connectivity index (χ1v) is 10.2. The molecule has 5 heteroatoms. The monoisotopic (exact) mass is 364 g/mol. The summed E-state index contributed by atoms with van der Waals surface area (Å²) in [6.07, 6.45) is 6.02. The van der Waals surface area contributed by atoms with Gasteiger partial charge >= 0.3 is 0 Å². The summed E-state index contributed by atoms with van der Waals surface area (Å²) in [7, 11) is 0. The zero-order valence-electron chi connectivity index (χ0n) is 16.4. The van der Waals surface area contributed by atoms with Gasteiger partial charge in [0.25, 0.3) is 0 Å². The van der Waals surface area contributed by atoms with Gasteiger partial charge in [0, 0.05) is 37.9 Å². The van der Waals surface area contributed by atoms with Crippen LogP contribution >= 0.6 is 0 Å². The molecule has 1 saturated carbocycles. The van der Waals surface area contributed by atoms with Crippen LogP contribution in [0.25, 0.3) is 5.82 Å². The van der Waals surface area contributed by atoms with Crippen LogP contribution in [0.4, 0.5) is 5.69 Å². The molecule has 2 aromatic heterocycles. The Morgan fingerprint density at radius 3 is 2.89 bits per heavy atom. The van der Waals surface area contributed by atoms with Gasteiger partial charge in [0.2, 0.25) is 5.91 Å². The molecule has 1 amide bonds. The van der Waals surface area contributed by atoms with Crippen LogP contribution in [0, 0.1) is 17.8 Å². The molecule has 0 N–H and O–H groups in total. The van der Waals surface area contributed by atoms with E-state index < -0.39 is 0 Å². The maximum Gasteiger partial charge on any atom is 0.226 e. The molecule has 2 aromatic rings. The molecule has 2 aliphatic heterocycles. The van der Waals surface area contributed by atoms with Crippen molar-refractivity contribution in [1.82, 2.24) is 14.5 Å². The molecular weight excluding hydrogens is 336 g/mol. The van der Waals surface area contributed by atoms with Crippen LogP contribution in [0.5, 0.6) is 0 Å².